The lowest BCUT2D eigenvalue weighted by Crippen LogP contribution is -2.55. The Morgan fingerprint density at radius 3 is 2.40 bits per heavy atom. The Morgan fingerprint density at radius 2 is 1.80 bits per heavy atom. The van der Waals surface area contributed by atoms with E-state index in [1.807, 2.05) is 4.90 Å². The molecule has 3 rings (SSSR count). The number of β-amino-alcohol motifs (C(OH)–C–C–N with tert-alkyl or cyclic N) is 1. The van der Waals surface area contributed by atoms with Crippen LogP contribution in [0.15, 0.2) is 24.3 Å². The maximum Gasteiger partial charge on any atom is 0.226 e. The van der Waals surface area contributed by atoms with E-state index in [-0.39, 0.29) is 23.0 Å². The summed E-state index contributed by atoms with van der Waals surface area (Å²) in [6.45, 7) is 3.97. The number of aromatic hydroxyl groups is 1. The molecule has 2 aliphatic rings. The SMILES string of the molecule is CC(=O)N1CC(O)CC2(CCN(C(=O)Cc3ccc(O)cc3)CC2)C1. The Bertz CT molecular complexity index is 635. The molecular weight excluding hydrogens is 320 g/mol. The van der Waals surface area contributed by atoms with Crippen molar-refractivity contribution in [2.75, 3.05) is 26.2 Å². The molecule has 2 amide bonds. The number of rotatable bonds is 2. The summed E-state index contributed by atoms with van der Waals surface area (Å²) in [5, 5.41) is 19.5. The number of phenols is 1. The topological polar surface area (TPSA) is 81.1 Å². The third kappa shape index (κ3) is 4.12. The van der Waals surface area contributed by atoms with Crippen LogP contribution >= 0.6 is 0 Å². The molecule has 2 N–H and O–H groups in total. The van der Waals surface area contributed by atoms with Crippen LogP contribution in [0.2, 0.25) is 0 Å². The fraction of sp³-hybridized carbons (Fsp3) is 0.579. The van der Waals surface area contributed by atoms with Gasteiger partial charge in [-0.1, -0.05) is 12.1 Å². The fourth-order valence-corrected chi connectivity index (χ4v) is 4.09. The highest BCUT2D eigenvalue weighted by molar-refractivity contribution is 5.79. The molecule has 2 fully saturated rings. The van der Waals surface area contributed by atoms with Crippen LogP contribution in [0.5, 0.6) is 5.75 Å². The molecule has 0 aromatic heterocycles. The van der Waals surface area contributed by atoms with Gasteiger partial charge in [0.2, 0.25) is 11.8 Å². The van der Waals surface area contributed by atoms with Crippen LogP contribution in [0.3, 0.4) is 0 Å². The molecule has 1 spiro atoms. The van der Waals surface area contributed by atoms with Crippen molar-refractivity contribution >= 4 is 11.8 Å². The van der Waals surface area contributed by atoms with E-state index in [1.165, 1.54) is 0 Å². The van der Waals surface area contributed by atoms with E-state index in [1.54, 1.807) is 36.1 Å². The molecule has 1 aromatic rings. The summed E-state index contributed by atoms with van der Waals surface area (Å²) in [7, 11) is 0. The minimum Gasteiger partial charge on any atom is -0.508 e. The predicted octanol–water partition coefficient (Wildman–Crippen LogP) is 1.16. The number of piperidine rings is 2. The van der Waals surface area contributed by atoms with Gasteiger partial charge in [0.05, 0.1) is 12.5 Å². The largest absolute Gasteiger partial charge is 0.508 e. The Kier molecular flexibility index (Phi) is 4.99. The normalized spacial score (nSPS) is 22.9. The molecule has 0 saturated carbocycles. The average molecular weight is 346 g/mol. The Balaban J connectivity index is 1.58. The summed E-state index contributed by atoms with van der Waals surface area (Å²) in [6, 6.07) is 6.71. The smallest absolute Gasteiger partial charge is 0.226 e. The number of aliphatic hydroxyl groups excluding tert-OH is 1. The number of hydrogen-bond acceptors (Lipinski definition) is 4. The van der Waals surface area contributed by atoms with Crippen molar-refractivity contribution < 1.29 is 19.8 Å². The highest BCUT2D eigenvalue weighted by atomic mass is 16.3. The summed E-state index contributed by atoms with van der Waals surface area (Å²) in [6.07, 6.45) is 2.19. The standard InChI is InChI=1S/C19H26N2O4/c1-14(22)21-12-17(24)11-19(13-21)6-8-20(9-7-19)18(25)10-15-2-4-16(23)5-3-15/h2-5,17,23-24H,6-13H2,1H3. The molecule has 6 nitrogen and oxygen atoms in total. The Morgan fingerprint density at radius 1 is 1.16 bits per heavy atom. The second-order valence-electron chi connectivity index (χ2n) is 7.48. The first-order valence-corrected chi connectivity index (χ1v) is 8.86. The lowest BCUT2D eigenvalue weighted by atomic mass is 9.71. The molecule has 2 saturated heterocycles. The number of benzene rings is 1. The van der Waals surface area contributed by atoms with Crippen molar-refractivity contribution in [3.8, 4) is 5.75 Å². The monoisotopic (exact) mass is 346 g/mol. The van der Waals surface area contributed by atoms with Crippen molar-refractivity contribution in [1.82, 2.24) is 9.80 Å². The van der Waals surface area contributed by atoms with Crippen molar-refractivity contribution in [2.24, 2.45) is 5.41 Å². The number of likely N-dealkylation sites (tertiary alicyclic amines) is 2. The lowest BCUT2D eigenvalue weighted by Gasteiger charge is -2.49. The van der Waals surface area contributed by atoms with E-state index in [0.29, 0.717) is 39.0 Å². The number of phenolic OH excluding ortho intramolecular Hbond substituents is 1. The molecule has 2 aliphatic heterocycles. The summed E-state index contributed by atoms with van der Waals surface area (Å²) in [5.41, 5.74) is 0.817. The van der Waals surface area contributed by atoms with Gasteiger partial charge in [0.1, 0.15) is 5.75 Å². The molecule has 0 bridgehead atoms. The van der Waals surface area contributed by atoms with Gasteiger partial charge in [-0.25, -0.2) is 0 Å². The molecule has 0 aliphatic carbocycles. The summed E-state index contributed by atoms with van der Waals surface area (Å²) >= 11 is 0. The maximum atomic E-state index is 12.5. The molecule has 2 heterocycles. The molecule has 6 heteroatoms. The van der Waals surface area contributed by atoms with Gasteiger partial charge < -0.3 is 20.0 Å². The Labute approximate surface area is 148 Å². The number of amides is 2. The number of aliphatic hydroxyl groups is 1. The molecule has 1 aromatic carbocycles. The van der Waals surface area contributed by atoms with Crippen LogP contribution in [0.25, 0.3) is 0 Å². The van der Waals surface area contributed by atoms with E-state index in [9.17, 15) is 19.8 Å². The van der Waals surface area contributed by atoms with Crippen LogP contribution in [0, 0.1) is 5.41 Å². The summed E-state index contributed by atoms with van der Waals surface area (Å²) < 4.78 is 0. The van der Waals surface area contributed by atoms with Gasteiger partial charge in [-0.15, -0.1) is 0 Å². The summed E-state index contributed by atoms with van der Waals surface area (Å²) in [4.78, 5) is 27.8. The van der Waals surface area contributed by atoms with Gasteiger partial charge >= 0.3 is 0 Å². The minimum absolute atomic E-state index is 0.00367. The van der Waals surface area contributed by atoms with Crippen molar-refractivity contribution in [3.63, 3.8) is 0 Å². The van der Waals surface area contributed by atoms with E-state index in [0.717, 1.165) is 18.4 Å². The number of carbonyl (C=O) groups is 2. The first kappa shape index (κ1) is 17.7. The van der Waals surface area contributed by atoms with Gasteiger partial charge in [0.25, 0.3) is 0 Å². The third-order valence-corrected chi connectivity index (χ3v) is 5.54. The fourth-order valence-electron chi connectivity index (χ4n) is 4.09. The maximum absolute atomic E-state index is 12.5. The van der Waals surface area contributed by atoms with Crippen LogP contribution < -0.4 is 0 Å². The van der Waals surface area contributed by atoms with E-state index in [4.69, 9.17) is 0 Å². The van der Waals surface area contributed by atoms with Gasteiger partial charge in [-0.2, -0.15) is 0 Å². The Hall–Kier alpha value is -2.08. The number of nitrogens with zero attached hydrogens (tertiary/aromatic N) is 2. The summed E-state index contributed by atoms with van der Waals surface area (Å²) in [5.74, 6) is 0.284. The van der Waals surface area contributed by atoms with Crippen molar-refractivity contribution in [2.45, 2.75) is 38.7 Å². The first-order chi connectivity index (χ1) is 11.9. The van der Waals surface area contributed by atoms with Crippen molar-refractivity contribution in [1.29, 1.82) is 0 Å². The minimum atomic E-state index is -0.475. The average Bonchev–Trinajstić information content (AvgIpc) is 2.57. The molecule has 1 unspecified atom stereocenters. The van der Waals surface area contributed by atoms with Crippen molar-refractivity contribution in [3.05, 3.63) is 29.8 Å². The quantitative estimate of drug-likeness (QED) is 0.842. The van der Waals surface area contributed by atoms with Gasteiger partial charge in [0, 0.05) is 33.1 Å². The lowest BCUT2D eigenvalue weighted by molar-refractivity contribution is -0.141. The van der Waals surface area contributed by atoms with Crippen LogP contribution in [0.4, 0.5) is 0 Å². The predicted molar refractivity (Wildman–Crippen MR) is 92.9 cm³/mol. The van der Waals surface area contributed by atoms with E-state index < -0.39 is 6.10 Å². The van der Waals surface area contributed by atoms with Crippen LogP contribution in [-0.2, 0) is 16.0 Å². The van der Waals surface area contributed by atoms with E-state index in [2.05, 4.69) is 0 Å². The van der Waals surface area contributed by atoms with Gasteiger partial charge in [-0.3, -0.25) is 9.59 Å². The molecule has 136 valence electrons. The molecule has 0 radical (unpaired) electrons. The first-order valence-electron chi connectivity index (χ1n) is 8.86. The van der Waals surface area contributed by atoms with Crippen LogP contribution in [0.1, 0.15) is 31.7 Å². The second kappa shape index (κ2) is 7.04. The zero-order valence-corrected chi connectivity index (χ0v) is 14.6. The highest BCUT2D eigenvalue weighted by Crippen LogP contribution is 2.40. The number of carbonyl (C=O) groups excluding carboxylic acids is 2. The second-order valence-corrected chi connectivity index (χ2v) is 7.48. The molecule has 25 heavy (non-hydrogen) atoms. The van der Waals surface area contributed by atoms with Gasteiger partial charge in [-0.05, 0) is 42.4 Å². The number of hydrogen-bond donors (Lipinski definition) is 2. The zero-order valence-electron chi connectivity index (χ0n) is 14.6. The zero-order chi connectivity index (χ0) is 18.0. The van der Waals surface area contributed by atoms with Crippen LogP contribution in [-0.4, -0.2) is 64.1 Å². The third-order valence-electron chi connectivity index (χ3n) is 5.54. The molecular formula is C19H26N2O4. The molecule has 1 atom stereocenters. The van der Waals surface area contributed by atoms with Gasteiger partial charge in [0.15, 0.2) is 0 Å². The highest BCUT2D eigenvalue weighted by Gasteiger charge is 2.42. The van der Waals surface area contributed by atoms with E-state index >= 15 is 0 Å².